The number of aromatic nitrogens is 1. The second-order valence-electron chi connectivity index (χ2n) is 4.62. The molecule has 2 N–H and O–H groups in total. The van der Waals surface area contributed by atoms with Crippen molar-refractivity contribution < 1.29 is 9.47 Å². The molecule has 0 spiro atoms. The normalized spacial score (nSPS) is 12.4. The van der Waals surface area contributed by atoms with E-state index in [0.29, 0.717) is 13.2 Å². The molecule has 0 bridgehead atoms. The Morgan fingerprint density at radius 3 is 2.15 bits per heavy atom. The average molecular weight is 281 g/mol. The minimum absolute atomic E-state index is 0.0110. The van der Waals surface area contributed by atoms with E-state index in [0.717, 1.165) is 37.7 Å². The first-order valence-electron chi connectivity index (χ1n) is 7.31. The van der Waals surface area contributed by atoms with Gasteiger partial charge in [-0.15, -0.1) is 0 Å². The van der Waals surface area contributed by atoms with Crippen molar-refractivity contribution in [2.24, 2.45) is 5.73 Å². The van der Waals surface area contributed by atoms with E-state index in [4.69, 9.17) is 15.2 Å². The predicted octanol–water partition coefficient (Wildman–Crippen LogP) is 1.98. The number of rotatable bonds is 10. The lowest BCUT2D eigenvalue weighted by atomic mass is 10.1. The standard InChI is InChI=1S/C15H27N3O2/c1-4-19-10-8-18(9-11-20-5-2)15-7-6-14(12-17-15)13(3)16/h6-7,12-13H,4-5,8-11,16H2,1-3H3/t13-/m1/s1. The van der Waals surface area contributed by atoms with E-state index in [1.807, 2.05) is 39.1 Å². The van der Waals surface area contributed by atoms with Gasteiger partial charge in [-0.3, -0.25) is 0 Å². The van der Waals surface area contributed by atoms with Crippen LogP contribution < -0.4 is 10.6 Å². The highest BCUT2D eigenvalue weighted by molar-refractivity contribution is 5.39. The van der Waals surface area contributed by atoms with E-state index in [1.165, 1.54) is 0 Å². The van der Waals surface area contributed by atoms with Crippen LogP contribution in [0.3, 0.4) is 0 Å². The largest absolute Gasteiger partial charge is 0.380 e. The fraction of sp³-hybridized carbons (Fsp3) is 0.667. The lowest BCUT2D eigenvalue weighted by Crippen LogP contribution is -2.31. The summed E-state index contributed by atoms with van der Waals surface area (Å²) in [4.78, 5) is 6.67. The van der Waals surface area contributed by atoms with Gasteiger partial charge in [0.2, 0.25) is 0 Å². The van der Waals surface area contributed by atoms with Crippen molar-refractivity contribution in [2.45, 2.75) is 26.8 Å². The first-order valence-corrected chi connectivity index (χ1v) is 7.31. The van der Waals surface area contributed by atoms with E-state index in [9.17, 15) is 0 Å². The molecule has 0 saturated carbocycles. The summed E-state index contributed by atoms with van der Waals surface area (Å²) in [5.74, 6) is 0.939. The number of hydrogen-bond acceptors (Lipinski definition) is 5. The van der Waals surface area contributed by atoms with Gasteiger partial charge in [-0.1, -0.05) is 6.07 Å². The quantitative estimate of drug-likeness (QED) is 0.665. The van der Waals surface area contributed by atoms with Gasteiger partial charge in [0.1, 0.15) is 5.82 Å². The molecule has 0 unspecified atom stereocenters. The molecule has 0 aliphatic heterocycles. The summed E-state index contributed by atoms with van der Waals surface area (Å²) in [5.41, 5.74) is 6.89. The van der Waals surface area contributed by atoms with Crippen LogP contribution in [0.5, 0.6) is 0 Å². The predicted molar refractivity (Wildman–Crippen MR) is 82.0 cm³/mol. The average Bonchev–Trinajstić information content (AvgIpc) is 2.46. The minimum atomic E-state index is 0.0110. The molecular formula is C15H27N3O2. The van der Waals surface area contributed by atoms with Gasteiger partial charge in [-0.25, -0.2) is 4.98 Å². The molecule has 1 aromatic rings. The topological polar surface area (TPSA) is 60.6 Å². The van der Waals surface area contributed by atoms with Crippen LogP contribution in [-0.4, -0.2) is 44.5 Å². The van der Waals surface area contributed by atoms with Crippen molar-refractivity contribution in [3.8, 4) is 0 Å². The number of hydrogen-bond donors (Lipinski definition) is 1. The third kappa shape index (κ3) is 5.86. The number of anilines is 1. The van der Waals surface area contributed by atoms with E-state index in [2.05, 4.69) is 9.88 Å². The molecule has 0 saturated heterocycles. The molecule has 0 aromatic carbocycles. The third-order valence-corrected chi connectivity index (χ3v) is 3.04. The molecule has 1 heterocycles. The second-order valence-corrected chi connectivity index (χ2v) is 4.62. The smallest absolute Gasteiger partial charge is 0.128 e. The molecule has 1 atom stereocenters. The lowest BCUT2D eigenvalue weighted by molar-refractivity contribution is 0.141. The van der Waals surface area contributed by atoms with Crippen LogP contribution in [-0.2, 0) is 9.47 Å². The zero-order chi connectivity index (χ0) is 14.8. The highest BCUT2D eigenvalue weighted by atomic mass is 16.5. The van der Waals surface area contributed by atoms with E-state index in [-0.39, 0.29) is 6.04 Å². The van der Waals surface area contributed by atoms with E-state index in [1.54, 1.807) is 0 Å². The van der Waals surface area contributed by atoms with Gasteiger partial charge < -0.3 is 20.1 Å². The lowest BCUT2D eigenvalue weighted by Gasteiger charge is -2.23. The van der Waals surface area contributed by atoms with Crippen molar-refractivity contribution in [1.82, 2.24) is 4.98 Å². The highest BCUT2D eigenvalue weighted by Gasteiger charge is 2.08. The number of pyridine rings is 1. The first-order chi connectivity index (χ1) is 9.69. The Bertz CT molecular complexity index is 345. The van der Waals surface area contributed by atoms with Crippen LogP contribution in [0, 0.1) is 0 Å². The Kier molecular flexibility index (Phi) is 8.18. The summed E-state index contributed by atoms with van der Waals surface area (Å²) in [7, 11) is 0. The van der Waals surface area contributed by atoms with Crippen molar-refractivity contribution in [2.75, 3.05) is 44.4 Å². The van der Waals surface area contributed by atoms with Crippen LogP contribution in [0.2, 0.25) is 0 Å². The highest BCUT2D eigenvalue weighted by Crippen LogP contribution is 2.14. The molecular weight excluding hydrogens is 254 g/mol. The Labute approximate surface area is 122 Å². The van der Waals surface area contributed by atoms with Gasteiger partial charge in [-0.05, 0) is 32.4 Å². The zero-order valence-electron chi connectivity index (χ0n) is 12.8. The maximum atomic E-state index is 5.84. The monoisotopic (exact) mass is 281 g/mol. The van der Waals surface area contributed by atoms with Gasteiger partial charge in [0.15, 0.2) is 0 Å². The molecule has 1 rings (SSSR count). The first kappa shape index (κ1) is 16.9. The number of ether oxygens (including phenoxy) is 2. The zero-order valence-corrected chi connectivity index (χ0v) is 12.8. The molecule has 1 aromatic heterocycles. The maximum Gasteiger partial charge on any atom is 0.128 e. The van der Waals surface area contributed by atoms with Crippen LogP contribution in [0.1, 0.15) is 32.4 Å². The van der Waals surface area contributed by atoms with Gasteiger partial charge in [-0.2, -0.15) is 0 Å². The second kappa shape index (κ2) is 9.69. The Morgan fingerprint density at radius 2 is 1.75 bits per heavy atom. The van der Waals surface area contributed by atoms with Crippen molar-refractivity contribution in [1.29, 1.82) is 0 Å². The Balaban J connectivity index is 2.64. The fourth-order valence-electron chi connectivity index (χ4n) is 1.83. The minimum Gasteiger partial charge on any atom is -0.380 e. The summed E-state index contributed by atoms with van der Waals surface area (Å²) in [6.45, 7) is 10.4. The van der Waals surface area contributed by atoms with Gasteiger partial charge in [0, 0.05) is 38.5 Å². The van der Waals surface area contributed by atoms with Crippen LogP contribution in [0.25, 0.3) is 0 Å². The summed E-state index contributed by atoms with van der Waals surface area (Å²) < 4.78 is 10.8. The van der Waals surface area contributed by atoms with Crippen molar-refractivity contribution in [3.63, 3.8) is 0 Å². The third-order valence-electron chi connectivity index (χ3n) is 3.04. The summed E-state index contributed by atoms with van der Waals surface area (Å²) in [6, 6.07) is 4.05. The summed E-state index contributed by atoms with van der Waals surface area (Å²) in [5, 5.41) is 0. The Hall–Kier alpha value is -1.17. The molecule has 114 valence electrons. The Morgan fingerprint density at radius 1 is 1.15 bits per heavy atom. The van der Waals surface area contributed by atoms with Crippen LogP contribution in [0.15, 0.2) is 18.3 Å². The SMILES string of the molecule is CCOCCN(CCOCC)c1ccc([C@@H](C)N)cn1. The maximum absolute atomic E-state index is 5.84. The molecule has 5 nitrogen and oxygen atoms in total. The van der Waals surface area contributed by atoms with Crippen LogP contribution in [0.4, 0.5) is 5.82 Å². The van der Waals surface area contributed by atoms with Crippen molar-refractivity contribution >= 4 is 5.82 Å². The number of nitrogens with zero attached hydrogens (tertiary/aromatic N) is 2. The summed E-state index contributed by atoms with van der Waals surface area (Å²) in [6.07, 6.45) is 1.84. The van der Waals surface area contributed by atoms with E-state index >= 15 is 0 Å². The molecule has 5 heteroatoms. The van der Waals surface area contributed by atoms with E-state index < -0.39 is 0 Å². The van der Waals surface area contributed by atoms with Crippen molar-refractivity contribution in [3.05, 3.63) is 23.9 Å². The van der Waals surface area contributed by atoms with Crippen LogP contribution >= 0.6 is 0 Å². The van der Waals surface area contributed by atoms with Gasteiger partial charge >= 0.3 is 0 Å². The molecule has 0 aliphatic rings. The summed E-state index contributed by atoms with van der Waals surface area (Å²) >= 11 is 0. The number of nitrogens with two attached hydrogens (primary N) is 1. The molecule has 0 fully saturated rings. The molecule has 0 aliphatic carbocycles. The fourth-order valence-corrected chi connectivity index (χ4v) is 1.83. The van der Waals surface area contributed by atoms with Gasteiger partial charge in [0.05, 0.1) is 13.2 Å². The molecule has 20 heavy (non-hydrogen) atoms. The molecule has 0 amide bonds. The molecule has 0 radical (unpaired) electrons. The van der Waals surface area contributed by atoms with Gasteiger partial charge in [0.25, 0.3) is 0 Å².